The molecule has 1 aliphatic heterocycles. The van der Waals surface area contributed by atoms with Gasteiger partial charge >= 0.3 is 17.9 Å². The number of aliphatic carboxylic acids is 1. The number of carboxylic acids is 1. The van der Waals surface area contributed by atoms with E-state index in [4.69, 9.17) is 28.8 Å². The zero-order valence-corrected chi connectivity index (χ0v) is 28.6. The molecule has 0 bridgehead atoms. The van der Waals surface area contributed by atoms with Gasteiger partial charge in [-0.2, -0.15) is 0 Å². The maximum atomic E-state index is 14.1. The monoisotopic (exact) mass is 766 g/mol. The molecule has 4 rings (SSSR count). The van der Waals surface area contributed by atoms with E-state index in [2.05, 4.69) is 9.73 Å². The normalized spacial score (nSPS) is 14.2. The average Bonchev–Trinajstić information content (AvgIpc) is 3.32. The molecule has 0 saturated heterocycles. The summed E-state index contributed by atoms with van der Waals surface area (Å²) in [6.07, 6.45) is 1.66. The van der Waals surface area contributed by atoms with Gasteiger partial charge in [-0.25, -0.2) is 19.4 Å². The summed E-state index contributed by atoms with van der Waals surface area (Å²) in [6, 6.07) is 7.36. The van der Waals surface area contributed by atoms with Crippen LogP contribution >= 0.6 is 33.9 Å². The molecule has 244 valence electrons. The van der Waals surface area contributed by atoms with Crippen LogP contribution in [0.15, 0.2) is 51.4 Å². The largest absolute Gasteiger partial charge is 0.493 e. The zero-order valence-electron chi connectivity index (χ0n) is 25.6. The van der Waals surface area contributed by atoms with Crippen molar-refractivity contribution in [3.8, 4) is 23.0 Å². The Morgan fingerprint density at radius 1 is 1.02 bits per heavy atom. The van der Waals surface area contributed by atoms with E-state index < -0.39 is 36.1 Å². The Kier molecular flexibility index (Phi) is 11.4. The van der Waals surface area contributed by atoms with Crippen LogP contribution < -0.4 is 33.8 Å². The fourth-order valence-corrected chi connectivity index (χ4v) is 6.46. The van der Waals surface area contributed by atoms with Crippen LogP contribution in [-0.2, 0) is 23.9 Å². The number of rotatable bonds is 13. The summed E-state index contributed by atoms with van der Waals surface area (Å²) in [5, 5.41) is 9.02. The van der Waals surface area contributed by atoms with Gasteiger partial charge in [-0.3, -0.25) is 9.36 Å². The first-order chi connectivity index (χ1) is 22.0. The van der Waals surface area contributed by atoms with Crippen LogP contribution in [0.3, 0.4) is 0 Å². The van der Waals surface area contributed by atoms with Gasteiger partial charge in [-0.1, -0.05) is 17.4 Å². The number of thiazole rings is 1. The number of carbonyl (C=O) groups is 3. The molecule has 0 spiro atoms. The highest BCUT2D eigenvalue weighted by Crippen LogP contribution is 2.37. The van der Waals surface area contributed by atoms with Gasteiger partial charge in [0.1, 0.15) is 0 Å². The third-order valence-corrected chi connectivity index (χ3v) is 8.35. The van der Waals surface area contributed by atoms with Crippen molar-refractivity contribution in [3.05, 3.63) is 76.0 Å². The van der Waals surface area contributed by atoms with E-state index in [9.17, 15) is 19.2 Å². The molecule has 1 N–H and O–H groups in total. The van der Waals surface area contributed by atoms with Gasteiger partial charge in [0.15, 0.2) is 41.0 Å². The van der Waals surface area contributed by atoms with Gasteiger partial charge in [0.05, 0.1) is 52.8 Å². The number of methoxy groups -OCH3 is 2. The summed E-state index contributed by atoms with van der Waals surface area (Å²) < 4.78 is 34.6. The van der Waals surface area contributed by atoms with Crippen LogP contribution in [0.4, 0.5) is 0 Å². The lowest BCUT2D eigenvalue weighted by molar-refractivity contribution is -0.143. The minimum Gasteiger partial charge on any atom is -0.493 e. The number of fused-ring (bicyclic) bond motifs is 1. The molecule has 3 aromatic rings. The number of nitrogens with zero attached hydrogens (tertiary/aromatic N) is 2. The van der Waals surface area contributed by atoms with E-state index in [1.165, 1.54) is 18.8 Å². The number of aromatic nitrogens is 1. The number of ether oxygens (including phenoxy) is 6. The standard InChI is InChI=1S/C31H31IN2O11S/c1-6-42-21-13-18(8-9-20(21)44-15-25(37)41-5)27-26(30(39)43-7-2)16(3)33-31-34(27)29(38)23(46-31)12-17-10-19(32)28(22(11-17)40-4)45-14-24(35)36/h8-13,27H,6-7,14-15H2,1-5H3,(H,35,36)/b23-12-/t27-/m1/s1. The molecule has 1 aromatic heterocycles. The van der Waals surface area contributed by atoms with E-state index in [0.29, 0.717) is 41.2 Å². The summed E-state index contributed by atoms with van der Waals surface area (Å²) in [5.41, 5.74) is 1.28. The summed E-state index contributed by atoms with van der Waals surface area (Å²) in [4.78, 5) is 55.1. The molecule has 15 heteroatoms. The van der Waals surface area contributed by atoms with Crippen LogP contribution in [0, 0.1) is 3.57 Å². The molecule has 0 aliphatic carbocycles. The predicted molar refractivity (Wildman–Crippen MR) is 174 cm³/mol. The minimum absolute atomic E-state index is 0.115. The molecule has 1 atom stereocenters. The molecule has 0 unspecified atom stereocenters. The number of carbonyl (C=O) groups excluding carboxylic acids is 2. The first-order valence-electron chi connectivity index (χ1n) is 13.9. The summed E-state index contributed by atoms with van der Waals surface area (Å²) in [5.74, 6) is -1.19. The number of carboxylic acid groups (broad SMARTS) is 1. The van der Waals surface area contributed by atoms with Crippen molar-refractivity contribution in [2.75, 3.05) is 40.6 Å². The number of halogens is 1. The number of hydrogen-bond acceptors (Lipinski definition) is 12. The Bertz CT molecular complexity index is 1880. The number of hydrogen-bond donors (Lipinski definition) is 1. The molecule has 0 amide bonds. The van der Waals surface area contributed by atoms with E-state index >= 15 is 0 Å². The van der Waals surface area contributed by atoms with Gasteiger partial charge in [0.25, 0.3) is 5.56 Å². The first-order valence-corrected chi connectivity index (χ1v) is 15.8. The van der Waals surface area contributed by atoms with Crippen molar-refractivity contribution in [2.24, 2.45) is 4.99 Å². The van der Waals surface area contributed by atoms with Gasteiger partial charge in [-0.15, -0.1) is 0 Å². The molecule has 2 aromatic carbocycles. The van der Waals surface area contributed by atoms with Crippen molar-refractivity contribution in [3.63, 3.8) is 0 Å². The van der Waals surface area contributed by atoms with Crippen LogP contribution in [0.2, 0.25) is 0 Å². The molecule has 13 nitrogen and oxygen atoms in total. The zero-order chi connectivity index (χ0) is 33.5. The number of benzene rings is 2. The topological polar surface area (TPSA) is 161 Å². The van der Waals surface area contributed by atoms with Crippen molar-refractivity contribution in [1.82, 2.24) is 4.57 Å². The maximum Gasteiger partial charge on any atom is 0.343 e. The molecule has 0 fully saturated rings. The Morgan fingerprint density at radius 2 is 1.78 bits per heavy atom. The number of allylic oxidation sites excluding steroid dienone is 1. The average molecular weight is 767 g/mol. The lowest BCUT2D eigenvalue weighted by Gasteiger charge is -2.25. The third kappa shape index (κ3) is 7.52. The first kappa shape index (κ1) is 34.5. The molecule has 2 heterocycles. The minimum atomic E-state index is -1.13. The highest BCUT2D eigenvalue weighted by Gasteiger charge is 2.34. The summed E-state index contributed by atoms with van der Waals surface area (Å²) in [6.45, 7) is 4.66. The maximum absolute atomic E-state index is 14.1. The Balaban J connectivity index is 1.88. The molecule has 1 aliphatic rings. The van der Waals surface area contributed by atoms with Gasteiger partial charge in [0.2, 0.25) is 0 Å². The molecule has 46 heavy (non-hydrogen) atoms. The molecule has 0 radical (unpaired) electrons. The second-order valence-electron chi connectivity index (χ2n) is 9.52. The molecule has 0 saturated carbocycles. The summed E-state index contributed by atoms with van der Waals surface area (Å²) >= 11 is 3.14. The van der Waals surface area contributed by atoms with Crippen molar-refractivity contribution >= 4 is 57.9 Å². The second kappa shape index (κ2) is 15.3. The quantitative estimate of drug-likeness (QED) is 0.201. The fraction of sp³-hybridized carbons (Fsp3) is 0.323. The van der Waals surface area contributed by atoms with Crippen molar-refractivity contribution in [1.29, 1.82) is 0 Å². The lowest BCUT2D eigenvalue weighted by Crippen LogP contribution is -2.40. The van der Waals surface area contributed by atoms with E-state index in [1.54, 1.807) is 57.2 Å². The Labute approximate surface area is 280 Å². The van der Waals surface area contributed by atoms with Crippen molar-refractivity contribution in [2.45, 2.75) is 26.8 Å². The van der Waals surface area contributed by atoms with Crippen molar-refractivity contribution < 1.29 is 47.9 Å². The Morgan fingerprint density at radius 3 is 2.43 bits per heavy atom. The van der Waals surface area contributed by atoms with Crippen LogP contribution in [0.1, 0.15) is 37.9 Å². The second-order valence-corrected chi connectivity index (χ2v) is 11.7. The van der Waals surface area contributed by atoms with Crippen LogP contribution in [0.25, 0.3) is 6.08 Å². The molecular formula is C31H31IN2O11S. The third-order valence-electron chi connectivity index (χ3n) is 6.56. The highest BCUT2D eigenvalue weighted by molar-refractivity contribution is 14.1. The van der Waals surface area contributed by atoms with E-state index in [-0.39, 0.29) is 36.9 Å². The van der Waals surface area contributed by atoms with Gasteiger partial charge in [0, 0.05) is 0 Å². The van der Waals surface area contributed by atoms with Gasteiger partial charge in [-0.05, 0) is 84.8 Å². The molecular weight excluding hydrogens is 735 g/mol. The van der Waals surface area contributed by atoms with Crippen LogP contribution in [-0.4, -0.2) is 68.2 Å². The van der Waals surface area contributed by atoms with Crippen LogP contribution in [0.5, 0.6) is 23.0 Å². The number of esters is 2. The Hall–Kier alpha value is -4.38. The van der Waals surface area contributed by atoms with E-state index in [1.807, 2.05) is 22.6 Å². The lowest BCUT2D eigenvalue weighted by atomic mass is 9.95. The highest BCUT2D eigenvalue weighted by atomic mass is 127. The van der Waals surface area contributed by atoms with Gasteiger partial charge < -0.3 is 33.5 Å². The van der Waals surface area contributed by atoms with E-state index in [0.717, 1.165) is 11.3 Å². The summed E-state index contributed by atoms with van der Waals surface area (Å²) in [7, 11) is 2.68. The SMILES string of the molecule is CCOC(=O)C1=C(C)N=c2s/c(=C\c3cc(I)c(OCC(=O)O)c(OC)c3)c(=O)n2[C@@H]1c1ccc(OCC(=O)OC)c(OCC)c1. The smallest absolute Gasteiger partial charge is 0.343 e. The predicted octanol–water partition coefficient (Wildman–Crippen LogP) is 2.83. The fourth-order valence-electron chi connectivity index (χ4n) is 4.63.